The maximum atomic E-state index is 11.8. The van der Waals surface area contributed by atoms with E-state index in [4.69, 9.17) is 4.74 Å². The number of benzene rings is 1. The smallest absolute Gasteiger partial charge is 0.368 e. The van der Waals surface area contributed by atoms with E-state index in [0.717, 1.165) is 34.1 Å². The Bertz CT molecular complexity index is 777. The molecule has 0 aliphatic carbocycles. The van der Waals surface area contributed by atoms with Crippen LogP contribution in [0.5, 0.6) is 0 Å². The number of hydrogen-bond acceptors (Lipinski definition) is 5. The molecule has 2 aromatic heterocycles. The number of carbonyl (C=O) groups excluding carboxylic acids is 1. The standard InChI is InChI=1S/C19H16N2O2S/c22-19(23-13-15-5-2-1-3-6-15)24-14-18-9-8-17(12-21-18)16-7-4-10-20-11-16/h1-12H,13-14H2. The molecule has 0 fully saturated rings. The monoisotopic (exact) mass is 336 g/mol. The summed E-state index contributed by atoms with van der Waals surface area (Å²) in [6.45, 7) is 0.292. The van der Waals surface area contributed by atoms with E-state index in [2.05, 4.69) is 9.97 Å². The van der Waals surface area contributed by atoms with Crippen LogP contribution >= 0.6 is 11.8 Å². The highest BCUT2D eigenvalue weighted by atomic mass is 32.2. The van der Waals surface area contributed by atoms with Crippen molar-refractivity contribution >= 4 is 17.1 Å². The Morgan fingerprint density at radius 3 is 2.50 bits per heavy atom. The second-order valence-electron chi connectivity index (χ2n) is 5.09. The molecule has 120 valence electrons. The van der Waals surface area contributed by atoms with E-state index in [1.54, 1.807) is 18.6 Å². The van der Waals surface area contributed by atoms with Crippen LogP contribution in [0.3, 0.4) is 0 Å². The normalized spacial score (nSPS) is 10.3. The molecule has 2 heterocycles. The molecule has 0 radical (unpaired) electrons. The number of nitrogens with zero attached hydrogens (tertiary/aromatic N) is 2. The van der Waals surface area contributed by atoms with Crippen molar-refractivity contribution in [1.29, 1.82) is 0 Å². The molecule has 0 saturated heterocycles. The molecule has 3 rings (SSSR count). The van der Waals surface area contributed by atoms with Gasteiger partial charge in [-0.05, 0) is 29.5 Å². The van der Waals surface area contributed by atoms with Crippen LogP contribution in [-0.4, -0.2) is 15.3 Å². The highest BCUT2D eigenvalue weighted by molar-refractivity contribution is 8.12. The van der Waals surface area contributed by atoms with Crippen molar-refractivity contribution in [1.82, 2.24) is 9.97 Å². The first-order valence-electron chi connectivity index (χ1n) is 7.50. The fourth-order valence-electron chi connectivity index (χ4n) is 2.11. The second kappa shape index (κ2) is 8.26. The predicted octanol–water partition coefficient (Wildman–Crippen LogP) is 4.71. The number of carbonyl (C=O) groups is 1. The minimum Gasteiger partial charge on any atom is -0.453 e. The van der Waals surface area contributed by atoms with Gasteiger partial charge in [0.1, 0.15) is 6.61 Å². The number of hydrogen-bond donors (Lipinski definition) is 0. The van der Waals surface area contributed by atoms with E-state index in [0.29, 0.717) is 12.4 Å². The van der Waals surface area contributed by atoms with Crippen LogP contribution in [0.2, 0.25) is 0 Å². The molecule has 4 nitrogen and oxygen atoms in total. The summed E-state index contributed by atoms with van der Waals surface area (Å²) in [6.07, 6.45) is 5.33. The first-order valence-corrected chi connectivity index (χ1v) is 8.48. The molecular weight excluding hydrogens is 320 g/mol. The van der Waals surface area contributed by atoms with Gasteiger partial charge >= 0.3 is 5.30 Å². The van der Waals surface area contributed by atoms with Gasteiger partial charge in [0.25, 0.3) is 0 Å². The highest BCUT2D eigenvalue weighted by Crippen LogP contribution is 2.19. The summed E-state index contributed by atoms with van der Waals surface area (Å²) in [5, 5.41) is -0.294. The van der Waals surface area contributed by atoms with Crippen LogP contribution in [0.15, 0.2) is 73.2 Å². The Balaban J connectivity index is 1.49. The number of ether oxygens (including phenoxy) is 1. The maximum Gasteiger partial charge on any atom is 0.368 e. The molecule has 0 atom stereocenters. The van der Waals surface area contributed by atoms with Crippen molar-refractivity contribution in [3.05, 3.63) is 84.4 Å². The minimum atomic E-state index is -0.294. The van der Waals surface area contributed by atoms with Crippen LogP contribution < -0.4 is 0 Å². The zero-order valence-electron chi connectivity index (χ0n) is 13.0. The molecule has 0 aliphatic rings. The van der Waals surface area contributed by atoms with Crippen LogP contribution in [-0.2, 0) is 17.1 Å². The number of aromatic nitrogens is 2. The third-order valence-corrected chi connectivity index (χ3v) is 4.15. The van der Waals surface area contributed by atoms with Crippen molar-refractivity contribution in [2.45, 2.75) is 12.4 Å². The summed E-state index contributed by atoms with van der Waals surface area (Å²) in [4.78, 5) is 20.3. The summed E-state index contributed by atoms with van der Waals surface area (Å²) in [6, 6.07) is 17.4. The summed E-state index contributed by atoms with van der Waals surface area (Å²) < 4.78 is 5.23. The number of pyridine rings is 2. The van der Waals surface area contributed by atoms with Crippen LogP contribution in [0.1, 0.15) is 11.3 Å². The second-order valence-corrected chi connectivity index (χ2v) is 6.00. The lowest BCUT2D eigenvalue weighted by molar-refractivity contribution is 0.168. The first-order chi connectivity index (χ1) is 11.8. The van der Waals surface area contributed by atoms with Gasteiger partial charge in [-0.25, -0.2) is 4.79 Å². The van der Waals surface area contributed by atoms with E-state index in [-0.39, 0.29) is 5.30 Å². The van der Waals surface area contributed by atoms with Gasteiger partial charge in [-0.15, -0.1) is 0 Å². The molecular formula is C19H16N2O2S. The van der Waals surface area contributed by atoms with Gasteiger partial charge in [-0.2, -0.15) is 0 Å². The van der Waals surface area contributed by atoms with Gasteiger partial charge in [-0.3, -0.25) is 9.97 Å². The zero-order chi connectivity index (χ0) is 16.6. The molecule has 0 bridgehead atoms. The van der Waals surface area contributed by atoms with Crippen molar-refractivity contribution in [3.8, 4) is 11.1 Å². The molecule has 24 heavy (non-hydrogen) atoms. The largest absolute Gasteiger partial charge is 0.453 e. The number of thioether (sulfide) groups is 1. The molecule has 0 N–H and O–H groups in total. The fourth-order valence-corrected chi connectivity index (χ4v) is 2.68. The van der Waals surface area contributed by atoms with Crippen LogP contribution in [0.4, 0.5) is 4.79 Å². The average Bonchev–Trinajstić information content (AvgIpc) is 2.67. The molecule has 5 heteroatoms. The Labute approximate surface area is 144 Å². The third kappa shape index (κ3) is 4.67. The van der Waals surface area contributed by atoms with Gasteiger partial charge in [0.05, 0.1) is 5.69 Å². The summed E-state index contributed by atoms with van der Waals surface area (Å²) >= 11 is 1.11. The Hall–Kier alpha value is -2.66. The Morgan fingerprint density at radius 1 is 0.958 bits per heavy atom. The first kappa shape index (κ1) is 16.2. The summed E-state index contributed by atoms with van der Waals surface area (Å²) in [7, 11) is 0. The third-order valence-electron chi connectivity index (χ3n) is 3.36. The lowest BCUT2D eigenvalue weighted by Gasteiger charge is -2.05. The lowest BCUT2D eigenvalue weighted by atomic mass is 10.1. The van der Waals surface area contributed by atoms with Crippen molar-refractivity contribution in [2.24, 2.45) is 0 Å². The van der Waals surface area contributed by atoms with Gasteiger partial charge in [0.2, 0.25) is 0 Å². The molecule has 0 spiro atoms. The molecule has 3 aromatic rings. The van der Waals surface area contributed by atoms with Gasteiger partial charge < -0.3 is 4.74 Å². The summed E-state index contributed by atoms with van der Waals surface area (Å²) in [5.74, 6) is 0.487. The van der Waals surface area contributed by atoms with Crippen LogP contribution in [0.25, 0.3) is 11.1 Å². The van der Waals surface area contributed by atoms with E-state index >= 15 is 0 Å². The van der Waals surface area contributed by atoms with Crippen molar-refractivity contribution in [2.75, 3.05) is 0 Å². The van der Waals surface area contributed by atoms with E-state index < -0.39 is 0 Å². The SMILES string of the molecule is O=C(OCc1ccccc1)SCc1ccc(-c2cccnc2)cn1. The van der Waals surface area contributed by atoms with E-state index in [1.165, 1.54) is 0 Å². The highest BCUT2D eigenvalue weighted by Gasteiger charge is 2.06. The van der Waals surface area contributed by atoms with Crippen molar-refractivity contribution < 1.29 is 9.53 Å². The Kier molecular flexibility index (Phi) is 5.58. The minimum absolute atomic E-state index is 0.292. The zero-order valence-corrected chi connectivity index (χ0v) is 13.8. The fraction of sp³-hybridized carbons (Fsp3) is 0.105. The molecule has 1 aromatic carbocycles. The van der Waals surface area contributed by atoms with Gasteiger partial charge in [0, 0.05) is 35.5 Å². The molecule has 0 unspecified atom stereocenters. The molecule has 0 amide bonds. The predicted molar refractivity (Wildman–Crippen MR) is 95.4 cm³/mol. The maximum absolute atomic E-state index is 11.8. The lowest BCUT2D eigenvalue weighted by Crippen LogP contribution is -1.99. The van der Waals surface area contributed by atoms with Gasteiger partial charge in [-0.1, -0.05) is 42.5 Å². The summed E-state index contributed by atoms with van der Waals surface area (Å²) in [5.41, 5.74) is 3.84. The molecule has 0 aliphatic heterocycles. The topological polar surface area (TPSA) is 52.1 Å². The average molecular weight is 336 g/mol. The molecule has 0 saturated carbocycles. The van der Waals surface area contributed by atoms with E-state index in [9.17, 15) is 4.79 Å². The quantitative estimate of drug-likeness (QED) is 0.631. The van der Waals surface area contributed by atoms with Gasteiger partial charge in [0.15, 0.2) is 0 Å². The van der Waals surface area contributed by atoms with E-state index in [1.807, 2.05) is 54.6 Å². The number of rotatable bonds is 5. The van der Waals surface area contributed by atoms with Crippen LogP contribution in [0, 0.1) is 0 Å². The van der Waals surface area contributed by atoms with Crippen molar-refractivity contribution in [3.63, 3.8) is 0 Å². The Morgan fingerprint density at radius 2 is 1.79 bits per heavy atom.